The van der Waals surface area contributed by atoms with Crippen LogP contribution in [0, 0.1) is 6.92 Å². The molecule has 1 aliphatic heterocycles. The second-order valence-corrected chi connectivity index (χ2v) is 11.5. The predicted molar refractivity (Wildman–Crippen MR) is 177 cm³/mol. The van der Waals surface area contributed by atoms with E-state index in [2.05, 4.69) is 5.32 Å². The van der Waals surface area contributed by atoms with Gasteiger partial charge in [-0.15, -0.1) is 0 Å². The van der Waals surface area contributed by atoms with E-state index in [1.165, 1.54) is 14.1 Å². The summed E-state index contributed by atoms with van der Waals surface area (Å²) in [5.41, 5.74) is 2.69. The van der Waals surface area contributed by atoms with Crippen molar-refractivity contribution in [2.45, 2.75) is 25.3 Å². The number of benzene rings is 3. The van der Waals surface area contributed by atoms with Crippen LogP contribution in [0.4, 0.5) is 5.69 Å². The minimum Gasteiger partial charge on any atom is -0.494 e. The van der Waals surface area contributed by atoms with Crippen molar-refractivity contribution in [2.75, 3.05) is 18.4 Å². The van der Waals surface area contributed by atoms with Crippen LogP contribution in [0.2, 0.25) is 0 Å². The summed E-state index contributed by atoms with van der Waals surface area (Å²) in [7, 11) is 2.75. The number of nitrogens with one attached hydrogen (secondary N) is 1. The summed E-state index contributed by atoms with van der Waals surface area (Å²) in [6.45, 7) is 2.53. The van der Waals surface area contributed by atoms with Crippen LogP contribution in [0.1, 0.15) is 50.3 Å². The van der Waals surface area contributed by atoms with Crippen LogP contribution < -0.4 is 16.6 Å². The van der Waals surface area contributed by atoms with Gasteiger partial charge in [-0.1, -0.05) is 66.2 Å². The zero-order valence-corrected chi connectivity index (χ0v) is 25.9. The molecule has 2 atom stereocenters. The lowest BCUT2D eigenvalue weighted by Gasteiger charge is -2.41. The molecule has 0 bridgehead atoms. The molecule has 3 aromatic carbocycles. The lowest BCUT2D eigenvalue weighted by atomic mass is 9.81. The molecule has 6 rings (SSSR count). The molecule has 0 spiro atoms. The molecule has 3 heterocycles. The summed E-state index contributed by atoms with van der Waals surface area (Å²) in [6.07, 6.45) is 2.23. The first-order valence-electron chi connectivity index (χ1n) is 15.1. The lowest BCUT2D eigenvalue weighted by molar-refractivity contribution is 0.0583. The molecule has 234 valence electrons. The van der Waals surface area contributed by atoms with Crippen molar-refractivity contribution in [3.8, 4) is 5.88 Å². The van der Waals surface area contributed by atoms with Gasteiger partial charge < -0.3 is 19.7 Å². The summed E-state index contributed by atoms with van der Waals surface area (Å²) >= 11 is 0. The maximum absolute atomic E-state index is 14.0. The van der Waals surface area contributed by atoms with Crippen LogP contribution >= 0.6 is 0 Å². The van der Waals surface area contributed by atoms with E-state index in [0.717, 1.165) is 25.8 Å². The number of fused-ring (bicyclic) bond motifs is 1. The van der Waals surface area contributed by atoms with Gasteiger partial charge >= 0.3 is 5.69 Å². The smallest absolute Gasteiger partial charge is 0.333 e. The first-order valence-corrected chi connectivity index (χ1v) is 15.1. The normalized spacial score (nSPS) is 16.4. The van der Waals surface area contributed by atoms with E-state index in [4.69, 9.17) is 9.41 Å². The molecule has 2 unspecified atom stereocenters. The van der Waals surface area contributed by atoms with Crippen LogP contribution in [0.15, 0.2) is 116 Å². The van der Waals surface area contributed by atoms with Crippen LogP contribution in [0.25, 0.3) is 0 Å². The highest BCUT2D eigenvalue weighted by Crippen LogP contribution is 2.43. The van der Waals surface area contributed by atoms with E-state index in [1.54, 1.807) is 12.3 Å². The van der Waals surface area contributed by atoms with Gasteiger partial charge in [0.1, 0.15) is 17.2 Å². The van der Waals surface area contributed by atoms with E-state index in [-0.39, 0.29) is 29.8 Å². The van der Waals surface area contributed by atoms with Crippen LogP contribution in [0.5, 0.6) is 5.88 Å². The largest absolute Gasteiger partial charge is 0.494 e. The second-order valence-electron chi connectivity index (χ2n) is 11.5. The molecule has 10 nitrogen and oxygen atoms in total. The van der Waals surface area contributed by atoms with Gasteiger partial charge in [0.05, 0.1) is 18.8 Å². The molecule has 0 saturated heterocycles. The number of nitrogens with zero attached hydrogens (tertiary/aromatic N) is 4. The third-order valence-electron chi connectivity index (χ3n) is 8.52. The molecule has 0 aliphatic carbocycles. The van der Waals surface area contributed by atoms with E-state index in [9.17, 15) is 19.5 Å². The van der Waals surface area contributed by atoms with Crippen LogP contribution in [-0.4, -0.2) is 44.0 Å². The Labute approximate surface area is 265 Å². The van der Waals surface area contributed by atoms with Crippen LogP contribution in [0.3, 0.4) is 0 Å². The quantitative estimate of drug-likeness (QED) is 0.191. The average Bonchev–Trinajstić information content (AvgIpc) is 3.61. The van der Waals surface area contributed by atoms with Crippen molar-refractivity contribution in [1.82, 2.24) is 14.0 Å². The number of amidine groups is 1. The fourth-order valence-electron chi connectivity index (χ4n) is 6.01. The van der Waals surface area contributed by atoms with Crippen molar-refractivity contribution in [3.05, 3.63) is 152 Å². The Kier molecular flexibility index (Phi) is 8.43. The molecule has 5 aromatic rings. The van der Waals surface area contributed by atoms with Gasteiger partial charge in [0.2, 0.25) is 5.88 Å². The molecule has 0 saturated carbocycles. The number of aromatic hydroxyl groups is 1. The third kappa shape index (κ3) is 5.77. The molecule has 10 heteroatoms. The number of aryl methyl sites for hydroxylation is 1. The highest BCUT2D eigenvalue weighted by atomic mass is 16.3. The summed E-state index contributed by atoms with van der Waals surface area (Å²) in [6, 6.07) is 28.2. The number of aromatic nitrogens is 2. The molecule has 1 aliphatic rings. The van der Waals surface area contributed by atoms with E-state index in [1.807, 2.05) is 96.8 Å². The number of hydrogen-bond acceptors (Lipinski definition) is 6. The molecule has 1 amide bonds. The summed E-state index contributed by atoms with van der Waals surface area (Å²) in [4.78, 5) is 46.9. The zero-order chi connectivity index (χ0) is 32.4. The first-order chi connectivity index (χ1) is 22.2. The monoisotopic (exact) mass is 617 g/mol. The maximum Gasteiger partial charge on any atom is 0.333 e. The number of amides is 1. The number of hydrogen-bond donors (Lipinski definition) is 2. The van der Waals surface area contributed by atoms with Gasteiger partial charge in [0.15, 0.2) is 0 Å². The minimum atomic E-state index is -0.690. The SMILES string of the molecule is Cc1ccc(NC(=NCC2c3ccccc3C(=O)N(CCc3ccccc3)C2c2ccco2)c2c(O)n(C)c(=O)n(C)c2=O)cc1. The Morgan fingerprint density at radius 3 is 2.33 bits per heavy atom. The number of anilines is 1. The molecule has 46 heavy (non-hydrogen) atoms. The Balaban J connectivity index is 1.48. The van der Waals surface area contributed by atoms with Crippen molar-refractivity contribution in [2.24, 2.45) is 19.1 Å². The summed E-state index contributed by atoms with van der Waals surface area (Å²) in [5, 5.41) is 14.3. The van der Waals surface area contributed by atoms with E-state index < -0.39 is 23.2 Å². The predicted octanol–water partition coefficient (Wildman–Crippen LogP) is 4.77. The molecular weight excluding hydrogens is 582 g/mol. The fraction of sp³-hybridized carbons (Fsp3) is 0.222. The summed E-state index contributed by atoms with van der Waals surface area (Å²) in [5.74, 6) is -0.261. The molecule has 2 N–H and O–H groups in total. The van der Waals surface area contributed by atoms with Crippen molar-refractivity contribution in [3.63, 3.8) is 0 Å². The third-order valence-corrected chi connectivity index (χ3v) is 8.52. The Hall–Kier alpha value is -5.64. The van der Waals surface area contributed by atoms with E-state index >= 15 is 0 Å². The first kappa shape index (κ1) is 30.4. The Morgan fingerprint density at radius 1 is 0.891 bits per heavy atom. The van der Waals surface area contributed by atoms with Gasteiger partial charge in [-0.25, -0.2) is 4.79 Å². The van der Waals surface area contributed by atoms with Crippen LogP contribution in [-0.2, 0) is 20.5 Å². The molecule has 0 radical (unpaired) electrons. The molecule has 0 fully saturated rings. The highest BCUT2D eigenvalue weighted by Gasteiger charge is 2.42. The summed E-state index contributed by atoms with van der Waals surface area (Å²) < 4.78 is 7.89. The number of rotatable bonds is 8. The molecule has 2 aromatic heterocycles. The highest BCUT2D eigenvalue weighted by molar-refractivity contribution is 6.09. The maximum atomic E-state index is 14.0. The average molecular weight is 618 g/mol. The topological polar surface area (TPSA) is 122 Å². The van der Waals surface area contributed by atoms with Gasteiger partial charge in [-0.05, 0) is 54.8 Å². The zero-order valence-electron chi connectivity index (χ0n) is 25.9. The number of carbonyl (C=O) groups is 1. The van der Waals surface area contributed by atoms with Gasteiger partial charge in [0.25, 0.3) is 11.5 Å². The second kappa shape index (κ2) is 12.8. The Bertz CT molecular complexity index is 2010. The van der Waals surface area contributed by atoms with Gasteiger partial charge in [-0.3, -0.25) is 23.7 Å². The van der Waals surface area contributed by atoms with E-state index in [0.29, 0.717) is 30.0 Å². The standard InChI is InChI=1S/C36H35N5O5/c1-23-15-17-25(18-16-23)38-32(30-34(43)39(2)36(45)40(3)35(30)44)37-22-28-26-12-7-8-13-27(26)33(42)41(31(28)29-14-9-21-46-29)20-19-24-10-5-4-6-11-24/h4-18,21,28,31,43H,19-20,22H2,1-3H3,(H,37,38). The van der Waals surface area contributed by atoms with Gasteiger partial charge in [-0.2, -0.15) is 0 Å². The van der Waals surface area contributed by atoms with Crippen molar-refractivity contribution < 1.29 is 14.3 Å². The molecular formula is C36H35N5O5. The van der Waals surface area contributed by atoms with Crippen molar-refractivity contribution in [1.29, 1.82) is 0 Å². The minimum absolute atomic E-state index is 0.0981. The number of aliphatic imine (C=N–C) groups is 1. The number of carbonyl (C=O) groups excluding carboxylic acids is 1. The Morgan fingerprint density at radius 2 is 1.61 bits per heavy atom. The lowest BCUT2D eigenvalue weighted by Crippen LogP contribution is -2.44. The van der Waals surface area contributed by atoms with Gasteiger partial charge in [0, 0.05) is 37.8 Å². The van der Waals surface area contributed by atoms with Crippen molar-refractivity contribution >= 4 is 17.4 Å². The fourth-order valence-corrected chi connectivity index (χ4v) is 6.01. The number of furan rings is 1.